The number of primary amides is 1. The minimum absolute atomic E-state index is 0.0866. The largest absolute Gasteiger partial charge is 0.508 e. The molecule has 168 valence electrons. The Morgan fingerprint density at radius 2 is 1.70 bits per heavy atom. The number of Topliss-reactive ketones (excluding diaryl/α,β-unsaturated/α-hetero) is 2. The summed E-state index contributed by atoms with van der Waals surface area (Å²) in [6.45, 7) is 0. The second-order valence-electron chi connectivity index (χ2n) is 8.76. The predicted octanol–water partition coefficient (Wildman–Crippen LogP) is 2.09. The molecule has 6 N–H and O–H groups in total. The summed E-state index contributed by atoms with van der Waals surface area (Å²) in [4.78, 5) is 37.6. The Kier molecular flexibility index (Phi) is 4.48. The van der Waals surface area contributed by atoms with E-state index in [2.05, 4.69) is 0 Å². The zero-order valence-corrected chi connectivity index (χ0v) is 17.4. The maximum Gasteiger partial charge on any atom is 0.255 e. The summed E-state index contributed by atoms with van der Waals surface area (Å²) >= 11 is 0. The van der Waals surface area contributed by atoms with Gasteiger partial charge in [-0.2, -0.15) is 0 Å². The van der Waals surface area contributed by atoms with E-state index in [9.17, 15) is 34.8 Å². The number of nitrogens with two attached hydrogens (primary N) is 1. The Morgan fingerprint density at radius 3 is 2.36 bits per heavy atom. The molecular formula is C25H21NO7. The molecule has 0 radical (unpaired) electrons. The van der Waals surface area contributed by atoms with Gasteiger partial charge in [-0.3, -0.25) is 14.4 Å². The van der Waals surface area contributed by atoms with Gasteiger partial charge in [0, 0.05) is 17.9 Å². The quantitative estimate of drug-likeness (QED) is 0.441. The summed E-state index contributed by atoms with van der Waals surface area (Å²) in [5.41, 5.74) is 4.07. The number of phenolic OH excluding ortho intramolecular Hbond substituents is 1. The number of carbonyl (C=O) groups is 3. The average Bonchev–Trinajstić information content (AvgIpc) is 2.76. The minimum atomic E-state index is -2.55. The van der Waals surface area contributed by atoms with E-state index in [0.29, 0.717) is 5.56 Å². The molecule has 3 atom stereocenters. The molecule has 33 heavy (non-hydrogen) atoms. The van der Waals surface area contributed by atoms with Gasteiger partial charge in [0.25, 0.3) is 5.91 Å². The van der Waals surface area contributed by atoms with Gasteiger partial charge in [-0.15, -0.1) is 0 Å². The summed E-state index contributed by atoms with van der Waals surface area (Å²) in [6, 6.07) is 12.5. The molecule has 0 spiro atoms. The fraction of sp³-hybridized carbons (Fsp3) is 0.240. The first-order valence-electron chi connectivity index (χ1n) is 10.5. The number of aromatic hydroxyl groups is 1. The van der Waals surface area contributed by atoms with Crippen LogP contribution >= 0.6 is 0 Å². The fourth-order valence-corrected chi connectivity index (χ4v) is 5.51. The Morgan fingerprint density at radius 1 is 1.00 bits per heavy atom. The highest BCUT2D eigenvalue weighted by atomic mass is 16.3. The van der Waals surface area contributed by atoms with E-state index in [-0.39, 0.29) is 36.1 Å². The Labute approximate surface area is 188 Å². The predicted molar refractivity (Wildman–Crippen MR) is 117 cm³/mol. The summed E-state index contributed by atoms with van der Waals surface area (Å²) in [6.07, 6.45) is 0.0351. The van der Waals surface area contributed by atoms with Crippen molar-refractivity contribution in [1.82, 2.24) is 0 Å². The van der Waals surface area contributed by atoms with Gasteiger partial charge < -0.3 is 26.2 Å². The van der Waals surface area contributed by atoms with Gasteiger partial charge in [0.05, 0.1) is 5.56 Å². The molecule has 3 aliphatic rings. The molecule has 0 heterocycles. The Hall–Kier alpha value is -3.91. The lowest BCUT2D eigenvalue weighted by Gasteiger charge is -2.46. The Balaban J connectivity index is 1.72. The average molecular weight is 447 g/mol. The van der Waals surface area contributed by atoms with E-state index in [0.717, 1.165) is 11.1 Å². The van der Waals surface area contributed by atoms with Gasteiger partial charge in [-0.25, -0.2) is 0 Å². The van der Waals surface area contributed by atoms with Crippen molar-refractivity contribution in [1.29, 1.82) is 0 Å². The molecule has 2 aromatic rings. The van der Waals surface area contributed by atoms with E-state index >= 15 is 0 Å². The number of fused-ring (bicyclic) bond motifs is 3. The number of rotatable bonds is 2. The van der Waals surface area contributed by atoms with Crippen molar-refractivity contribution in [2.45, 2.75) is 24.9 Å². The highest BCUT2D eigenvalue weighted by Crippen LogP contribution is 2.52. The number of ketones is 2. The number of hydrogen-bond acceptors (Lipinski definition) is 7. The zero-order chi connectivity index (χ0) is 23.7. The van der Waals surface area contributed by atoms with E-state index in [1.165, 1.54) is 6.07 Å². The van der Waals surface area contributed by atoms with Gasteiger partial charge in [-0.05, 0) is 41.5 Å². The number of carbonyl (C=O) groups excluding carboxylic acids is 3. The van der Waals surface area contributed by atoms with Crippen molar-refractivity contribution in [3.05, 3.63) is 70.5 Å². The van der Waals surface area contributed by atoms with Crippen molar-refractivity contribution < 1.29 is 34.8 Å². The van der Waals surface area contributed by atoms with Crippen LogP contribution in [0.1, 0.15) is 24.0 Å². The lowest BCUT2D eigenvalue weighted by Crippen LogP contribution is -2.58. The monoisotopic (exact) mass is 447 g/mol. The molecule has 0 bridgehead atoms. The van der Waals surface area contributed by atoms with Crippen LogP contribution in [0.3, 0.4) is 0 Å². The van der Waals surface area contributed by atoms with E-state index in [4.69, 9.17) is 5.73 Å². The highest BCUT2D eigenvalue weighted by molar-refractivity contribution is 6.22. The molecule has 2 aromatic carbocycles. The molecule has 8 heteroatoms. The molecule has 5 rings (SSSR count). The number of amides is 1. The molecule has 8 nitrogen and oxygen atoms in total. The summed E-state index contributed by atoms with van der Waals surface area (Å²) in [5.74, 6) is -6.32. The van der Waals surface area contributed by atoms with Crippen LogP contribution in [0.4, 0.5) is 0 Å². The van der Waals surface area contributed by atoms with Gasteiger partial charge in [0.15, 0.2) is 11.4 Å². The van der Waals surface area contributed by atoms with Gasteiger partial charge in [0.2, 0.25) is 5.78 Å². The highest BCUT2D eigenvalue weighted by Gasteiger charge is 2.60. The van der Waals surface area contributed by atoms with E-state index in [1.54, 1.807) is 6.07 Å². The summed E-state index contributed by atoms with van der Waals surface area (Å²) < 4.78 is 0. The SMILES string of the molecule is NC(=O)C1=C(O)[C@@]2(O)C(=O)C3=C(O)c4c(O)ccc(-c5ccccc5)c4C[C@H]3C[C@H]2CC1=O. The van der Waals surface area contributed by atoms with Crippen molar-refractivity contribution >= 4 is 23.2 Å². The minimum Gasteiger partial charge on any atom is -0.508 e. The van der Waals surface area contributed by atoms with Crippen molar-refractivity contribution in [3.63, 3.8) is 0 Å². The normalized spacial score (nSPS) is 26.6. The fourth-order valence-electron chi connectivity index (χ4n) is 5.51. The second kappa shape index (κ2) is 7.05. The maximum atomic E-state index is 13.5. The van der Waals surface area contributed by atoms with Crippen LogP contribution in [-0.2, 0) is 20.8 Å². The molecule has 0 unspecified atom stereocenters. The molecular weight excluding hydrogens is 426 g/mol. The maximum absolute atomic E-state index is 13.5. The number of aliphatic hydroxyl groups is 3. The topological polar surface area (TPSA) is 158 Å². The Bertz CT molecular complexity index is 1310. The van der Waals surface area contributed by atoms with E-state index in [1.807, 2.05) is 30.3 Å². The standard InChI is InChI=1S/C25H21NO7/c26-24(32)20-17(28)10-13-8-12-9-15-14(11-4-2-1-3-5-11)6-7-16(27)19(15)21(29)18(12)22(30)25(13,33)23(20)31/h1-7,12-13,27,29,31,33H,8-10H2,(H2,26,32)/t12-,13+,25+/m1/s1. The van der Waals surface area contributed by atoms with Gasteiger partial charge >= 0.3 is 0 Å². The van der Waals surface area contributed by atoms with Crippen LogP contribution in [0, 0.1) is 11.8 Å². The number of aliphatic hydroxyl groups excluding tert-OH is 2. The van der Waals surface area contributed by atoms with Crippen LogP contribution in [-0.4, -0.2) is 43.5 Å². The molecule has 1 amide bonds. The first-order chi connectivity index (χ1) is 15.7. The summed E-state index contributed by atoms with van der Waals surface area (Å²) in [5, 5.41) is 43.5. The van der Waals surface area contributed by atoms with Gasteiger partial charge in [0.1, 0.15) is 22.8 Å². The molecule has 0 aromatic heterocycles. The van der Waals surface area contributed by atoms with Crippen LogP contribution in [0.5, 0.6) is 5.75 Å². The molecule has 0 aliphatic heterocycles. The summed E-state index contributed by atoms with van der Waals surface area (Å²) in [7, 11) is 0. The third kappa shape index (κ3) is 2.77. The lowest BCUT2D eigenvalue weighted by atomic mass is 9.59. The molecule has 1 fully saturated rings. The van der Waals surface area contributed by atoms with E-state index < -0.39 is 52.0 Å². The third-order valence-corrected chi connectivity index (χ3v) is 7.03. The third-order valence-electron chi connectivity index (χ3n) is 7.03. The molecule has 0 saturated heterocycles. The zero-order valence-electron chi connectivity index (χ0n) is 17.4. The van der Waals surface area contributed by atoms with Crippen LogP contribution in [0.25, 0.3) is 16.9 Å². The van der Waals surface area contributed by atoms with Crippen molar-refractivity contribution in [2.75, 3.05) is 0 Å². The van der Waals surface area contributed by atoms with Gasteiger partial charge in [-0.1, -0.05) is 36.4 Å². The van der Waals surface area contributed by atoms with Crippen LogP contribution < -0.4 is 5.73 Å². The van der Waals surface area contributed by atoms with Crippen molar-refractivity contribution in [3.8, 4) is 16.9 Å². The molecule has 1 saturated carbocycles. The van der Waals surface area contributed by atoms with Crippen LogP contribution in [0.15, 0.2) is 59.4 Å². The smallest absolute Gasteiger partial charge is 0.255 e. The number of benzene rings is 2. The lowest BCUT2D eigenvalue weighted by molar-refractivity contribution is -0.147. The first-order valence-corrected chi connectivity index (χ1v) is 10.5. The molecule has 3 aliphatic carbocycles. The van der Waals surface area contributed by atoms with Crippen LogP contribution in [0.2, 0.25) is 0 Å². The van der Waals surface area contributed by atoms with Crippen molar-refractivity contribution in [2.24, 2.45) is 17.6 Å². The second-order valence-corrected chi connectivity index (χ2v) is 8.76. The first kappa shape index (κ1) is 21.0. The number of phenols is 1. The number of hydrogen-bond donors (Lipinski definition) is 5.